The Kier molecular flexibility index (Phi) is 5.92. The van der Waals surface area contributed by atoms with Crippen LogP contribution in [0.1, 0.15) is 28.8 Å². The monoisotopic (exact) mass is 461 g/mol. The number of nitrogens with zero attached hydrogens (tertiary/aromatic N) is 4. The first-order valence-electron chi connectivity index (χ1n) is 10.3. The third-order valence-electron chi connectivity index (χ3n) is 5.11. The Morgan fingerprint density at radius 2 is 1.88 bits per heavy atom. The molecular formula is C24H20ClN5OS. The van der Waals surface area contributed by atoms with Gasteiger partial charge in [-0.25, -0.2) is 0 Å². The predicted octanol–water partition coefficient (Wildman–Crippen LogP) is 5.17. The molecule has 160 valence electrons. The minimum absolute atomic E-state index is 0.0126. The van der Waals surface area contributed by atoms with Gasteiger partial charge in [-0.2, -0.15) is 0 Å². The summed E-state index contributed by atoms with van der Waals surface area (Å²) >= 11 is 7.83. The van der Waals surface area contributed by atoms with Crippen molar-refractivity contribution in [2.75, 3.05) is 0 Å². The van der Waals surface area contributed by atoms with Crippen molar-refractivity contribution >= 4 is 29.3 Å². The second-order valence-corrected chi connectivity index (χ2v) is 8.97. The number of aromatic nitrogens is 4. The molecule has 1 amide bonds. The molecular weight excluding hydrogens is 442 g/mol. The molecule has 0 unspecified atom stereocenters. The van der Waals surface area contributed by atoms with Crippen molar-refractivity contribution in [2.45, 2.75) is 29.8 Å². The summed E-state index contributed by atoms with van der Waals surface area (Å²) in [6.45, 7) is 0. The average molecular weight is 462 g/mol. The van der Waals surface area contributed by atoms with Crippen LogP contribution in [0.3, 0.4) is 0 Å². The molecule has 5 rings (SSSR count). The van der Waals surface area contributed by atoms with Crippen molar-refractivity contribution in [2.24, 2.45) is 0 Å². The first-order chi connectivity index (χ1) is 15.7. The van der Waals surface area contributed by atoms with Crippen LogP contribution in [-0.4, -0.2) is 31.7 Å². The molecule has 0 aliphatic heterocycles. The molecule has 2 heterocycles. The Bertz CT molecular complexity index is 1260. The number of thioether (sulfide) groups is 1. The van der Waals surface area contributed by atoms with E-state index in [1.165, 1.54) is 0 Å². The van der Waals surface area contributed by atoms with Gasteiger partial charge in [0.25, 0.3) is 5.91 Å². The van der Waals surface area contributed by atoms with Gasteiger partial charge in [0.15, 0.2) is 11.0 Å². The highest BCUT2D eigenvalue weighted by Gasteiger charge is 2.24. The van der Waals surface area contributed by atoms with Gasteiger partial charge < -0.3 is 5.32 Å². The van der Waals surface area contributed by atoms with Gasteiger partial charge in [-0.05, 0) is 60.9 Å². The van der Waals surface area contributed by atoms with Crippen molar-refractivity contribution in [3.8, 4) is 17.1 Å². The number of amides is 1. The van der Waals surface area contributed by atoms with Crippen LogP contribution in [0.5, 0.6) is 0 Å². The lowest BCUT2D eigenvalue weighted by atomic mass is 10.1. The summed E-state index contributed by atoms with van der Waals surface area (Å²) in [4.78, 5) is 16.5. The Morgan fingerprint density at radius 3 is 2.66 bits per heavy atom. The fraction of sp³-hybridized carbons (Fsp3) is 0.167. The number of carbonyl (C=O) groups is 1. The predicted molar refractivity (Wildman–Crippen MR) is 126 cm³/mol. The number of benzene rings is 2. The third kappa shape index (κ3) is 4.69. The number of pyridine rings is 1. The molecule has 1 aliphatic rings. The average Bonchev–Trinajstić information content (AvgIpc) is 3.53. The van der Waals surface area contributed by atoms with Gasteiger partial charge in [0.2, 0.25) is 0 Å². The first kappa shape index (κ1) is 20.7. The fourth-order valence-electron chi connectivity index (χ4n) is 3.35. The van der Waals surface area contributed by atoms with Crippen LogP contribution in [0.15, 0.2) is 78.2 Å². The highest BCUT2D eigenvalue weighted by molar-refractivity contribution is 7.98. The van der Waals surface area contributed by atoms with Gasteiger partial charge >= 0.3 is 0 Å². The Labute approximate surface area is 195 Å². The molecule has 8 heteroatoms. The van der Waals surface area contributed by atoms with Gasteiger partial charge in [-0.1, -0.05) is 41.6 Å². The Hall–Kier alpha value is -3.16. The maximum atomic E-state index is 12.4. The lowest BCUT2D eigenvalue weighted by Crippen LogP contribution is -2.25. The second-order valence-electron chi connectivity index (χ2n) is 7.59. The molecule has 4 aromatic rings. The molecule has 32 heavy (non-hydrogen) atoms. The van der Waals surface area contributed by atoms with E-state index in [2.05, 4.69) is 20.5 Å². The SMILES string of the molecule is O=C(NC1CC1)c1cccc(CSc2nnc(-c3ccncc3)n2-c2cccc(Cl)c2)c1. The van der Waals surface area contributed by atoms with E-state index in [1.807, 2.05) is 65.2 Å². The zero-order chi connectivity index (χ0) is 21.9. The summed E-state index contributed by atoms with van der Waals surface area (Å²) in [6, 6.07) is 19.5. The molecule has 6 nitrogen and oxygen atoms in total. The van der Waals surface area contributed by atoms with Gasteiger partial charge in [0.05, 0.1) is 5.69 Å². The normalized spacial score (nSPS) is 13.2. The second kappa shape index (κ2) is 9.14. The quantitative estimate of drug-likeness (QED) is 0.384. The molecule has 1 fully saturated rings. The topological polar surface area (TPSA) is 72.7 Å². The zero-order valence-corrected chi connectivity index (χ0v) is 18.7. The maximum absolute atomic E-state index is 12.4. The summed E-state index contributed by atoms with van der Waals surface area (Å²) in [6.07, 6.45) is 5.61. The van der Waals surface area contributed by atoms with Crippen LogP contribution in [0.4, 0.5) is 0 Å². The summed E-state index contributed by atoms with van der Waals surface area (Å²) in [5.74, 6) is 1.36. The summed E-state index contributed by atoms with van der Waals surface area (Å²) in [5.41, 5.74) is 3.53. The first-order valence-corrected chi connectivity index (χ1v) is 11.7. The molecule has 0 spiro atoms. The van der Waals surface area contributed by atoms with Crippen molar-refractivity contribution in [3.05, 3.63) is 89.2 Å². The van der Waals surface area contributed by atoms with Gasteiger partial charge in [0.1, 0.15) is 0 Å². The molecule has 0 atom stereocenters. The molecule has 0 radical (unpaired) electrons. The van der Waals surface area contributed by atoms with Crippen molar-refractivity contribution in [3.63, 3.8) is 0 Å². The van der Waals surface area contributed by atoms with E-state index in [-0.39, 0.29) is 5.91 Å². The standard InChI is InChI=1S/C24H20ClN5OS/c25-19-5-2-6-21(14-19)30-22(17-9-11-26-12-10-17)28-29-24(30)32-15-16-3-1-4-18(13-16)23(31)27-20-7-8-20/h1-6,9-14,20H,7-8,15H2,(H,27,31). The van der Waals surface area contributed by atoms with Crippen molar-refractivity contribution in [1.82, 2.24) is 25.1 Å². The number of nitrogens with one attached hydrogen (secondary N) is 1. The van der Waals surface area contributed by atoms with E-state index >= 15 is 0 Å². The van der Waals surface area contributed by atoms with E-state index in [9.17, 15) is 4.79 Å². The number of rotatable bonds is 7. The highest BCUT2D eigenvalue weighted by Crippen LogP contribution is 2.30. The Balaban J connectivity index is 1.43. The smallest absolute Gasteiger partial charge is 0.251 e. The molecule has 0 saturated heterocycles. The number of hydrogen-bond donors (Lipinski definition) is 1. The molecule has 2 aromatic carbocycles. The minimum atomic E-state index is -0.0126. The zero-order valence-electron chi connectivity index (χ0n) is 17.1. The number of hydrogen-bond acceptors (Lipinski definition) is 5. The summed E-state index contributed by atoms with van der Waals surface area (Å²) in [7, 11) is 0. The van der Waals surface area contributed by atoms with Crippen LogP contribution in [-0.2, 0) is 5.75 Å². The summed E-state index contributed by atoms with van der Waals surface area (Å²) in [5, 5.41) is 13.3. The van der Waals surface area contributed by atoms with E-state index in [1.54, 1.807) is 24.2 Å². The van der Waals surface area contributed by atoms with E-state index in [4.69, 9.17) is 11.6 Å². The van der Waals surface area contributed by atoms with Gasteiger partial charge in [0, 0.05) is 40.3 Å². The van der Waals surface area contributed by atoms with Crippen molar-refractivity contribution < 1.29 is 4.79 Å². The van der Waals surface area contributed by atoms with E-state index in [0.717, 1.165) is 40.6 Å². The molecule has 2 aromatic heterocycles. The largest absolute Gasteiger partial charge is 0.349 e. The van der Waals surface area contributed by atoms with Crippen LogP contribution in [0.25, 0.3) is 17.1 Å². The number of carbonyl (C=O) groups excluding carboxylic acids is 1. The van der Waals surface area contributed by atoms with Crippen LogP contribution in [0, 0.1) is 0 Å². The third-order valence-corrected chi connectivity index (χ3v) is 6.34. The molecule has 1 N–H and O–H groups in total. The van der Waals surface area contributed by atoms with Gasteiger partial charge in [-0.15, -0.1) is 10.2 Å². The van der Waals surface area contributed by atoms with Crippen LogP contribution >= 0.6 is 23.4 Å². The fourth-order valence-corrected chi connectivity index (χ4v) is 4.43. The molecule has 1 aliphatic carbocycles. The molecule has 0 bridgehead atoms. The van der Waals surface area contributed by atoms with E-state index in [0.29, 0.717) is 22.4 Å². The summed E-state index contributed by atoms with van der Waals surface area (Å²) < 4.78 is 2.00. The lowest BCUT2D eigenvalue weighted by Gasteiger charge is -2.11. The van der Waals surface area contributed by atoms with Crippen LogP contribution in [0.2, 0.25) is 5.02 Å². The lowest BCUT2D eigenvalue weighted by molar-refractivity contribution is 0.0951. The van der Waals surface area contributed by atoms with Crippen molar-refractivity contribution in [1.29, 1.82) is 0 Å². The van der Waals surface area contributed by atoms with E-state index < -0.39 is 0 Å². The number of halogens is 1. The van der Waals surface area contributed by atoms with Gasteiger partial charge in [-0.3, -0.25) is 14.3 Å². The maximum Gasteiger partial charge on any atom is 0.251 e. The minimum Gasteiger partial charge on any atom is -0.349 e. The van der Waals surface area contributed by atoms with Crippen LogP contribution < -0.4 is 5.32 Å². The molecule has 1 saturated carbocycles. The highest BCUT2D eigenvalue weighted by atomic mass is 35.5. The Morgan fingerprint density at radius 1 is 1.06 bits per heavy atom.